The van der Waals surface area contributed by atoms with Crippen molar-refractivity contribution in [2.24, 2.45) is 0 Å². The first kappa shape index (κ1) is 20.3. The normalized spacial score (nSPS) is 10.6. The van der Waals surface area contributed by atoms with Gasteiger partial charge < -0.3 is 10.2 Å². The lowest BCUT2D eigenvalue weighted by atomic mass is 10.2. The van der Waals surface area contributed by atoms with Crippen LogP contribution in [0.3, 0.4) is 0 Å². The number of carbonyl (C=O) groups is 1. The summed E-state index contributed by atoms with van der Waals surface area (Å²) in [6.45, 7) is 5.85. The van der Waals surface area contributed by atoms with E-state index in [4.69, 9.17) is 0 Å². The van der Waals surface area contributed by atoms with E-state index in [9.17, 15) is 14.0 Å². The molecule has 0 bridgehead atoms. The second-order valence-corrected chi connectivity index (χ2v) is 6.75. The van der Waals surface area contributed by atoms with Crippen molar-refractivity contribution >= 4 is 23.2 Å². The maximum absolute atomic E-state index is 13.2. The molecule has 0 radical (unpaired) electrons. The average Bonchev–Trinajstić information content (AvgIpc) is 2.67. The molecule has 0 saturated carbocycles. The Hall–Kier alpha value is -3.48. The molecule has 1 aromatic heterocycles. The van der Waals surface area contributed by atoms with Gasteiger partial charge in [-0.05, 0) is 62.7 Å². The maximum atomic E-state index is 13.2. The van der Waals surface area contributed by atoms with Gasteiger partial charge in [-0.1, -0.05) is 12.1 Å². The highest BCUT2D eigenvalue weighted by molar-refractivity contribution is 5.93. The monoisotopic (exact) mass is 394 g/mol. The quantitative estimate of drug-likeness (QED) is 0.691. The minimum absolute atomic E-state index is 0.169. The number of aryl methyl sites for hydroxylation is 2. The molecule has 29 heavy (non-hydrogen) atoms. The molecule has 0 saturated heterocycles. The molecule has 0 spiro atoms. The van der Waals surface area contributed by atoms with Crippen LogP contribution in [0, 0.1) is 19.7 Å². The first-order valence-electron chi connectivity index (χ1n) is 9.35. The van der Waals surface area contributed by atoms with Crippen LogP contribution >= 0.6 is 0 Å². The van der Waals surface area contributed by atoms with Gasteiger partial charge in [0.15, 0.2) is 0 Å². The minimum atomic E-state index is -0.364. The van der Waals surface area contributed by atoms with Gasteiger partial charge in [-0.2, -0.15) is 0 Å². The number of carbonyl (C=O) groups excluding carboxylic acids is 1. The molecular formula is C22H23FN4O2. The van der Waals surface area contributed by atoms with E-state index in [1.807, 2.05) is 38.1 Å². The zero-order valence-electron chi connectivity index (χ0n) is 16.6. The summed E-state index contributed by atoms with van der Waals surface area (Å²) in [5.74, 6) is -0.361. The number of anilines is 3. The summed E-state index contributed by atoms with van der Waals surface area (Å²) in [5.41, 5.74) is 2.57. The Kier molecular flexibility index (Phi) is 6.07. The first-order chi connectivity index (χ1) is 13.9. The van der Waals surface area contributed by atoms with E-state index in [1.165, 1.54) is 22.8 Å². The topological polar surface area (TPSA) is 67.2 Å². The van der Waals surface area contributed by atoms with Gasteiger partial charge in [-0.25, -0.2) is 9.37 Å². The van der Waals surface area contributed by atoms with E-state index in [0.29, 0.717) is 17.9 Å². The highest BCUT2D eigenvalue weighted by Gasteiger charge is 2.18. The third-order valence-corrected chi connectivity index (χ3v) is 4.46. The van der Waals surface area contributed by atoms with Crippen LogP contribution < -0.4 is 15.8 Å². The number of nitrogens with zero attached hydrogens (tertiary/aromatic N) is 3. The predicted molar refractivity (Wildman–Crippen MR) is 112 cm³/mol. The van der Waals surface area contributed by atoms with Gasteiger partial charge in [0, 0.05) is 29.7 Å². The first-order valence-corrected chi connectivity index (χ1v) is 9.35. The zero-order chi connectivity index (χ0) is 21.0. The number of rotatable bonds is 6. The number of nitrogens with one attached hydrogen (secondary N) is 1. The molecule has 1 N–H and O–H groups in total. The number of benzene rings is 2. The van der Waals surface area contributed by atoms with Crippen LogP contribution in [0.4, 0.5) is 21.7 Å². The molecule has 3 rings (SSSR count). The summed E-state index contributed by atoms with van der Waals surface area (Å²) >= 11 is 0. The largest absolute Gasteiger partial charge is 0.326 e. The van der Waals surface area contributed by atoms with Crippen molar-refractivity contribution in [3.05, 3.63) is 82.0 Å². The summed E-state index contributed by atoms with van der Waals surface area (Å²) in [5, 5.41) is 3.01. The van der Waals surface area contributed by atoms with Crippen molar-refractivity contribution in [1.29, 1.82) is 0 Å². The summed E-state index contributed by atoms with van der Waals surface area (Å²) in [7, 11) is 0. The van der Waals surface area contributed by atoms with Crippen LogP contribution in [0.2, 0.25) is 0 Å². The number of amides is 1. The molecule has 150 valence electrons. The van der Waals surface area contributed by atoms with E-state index in [0.717, 1.165) is 11.3 Å². The van der Waals surface area contributed by atoms with E-state index < -0.39 is 0 Å². The Morgan fingerprint density at radius 1 is 1.14 bits per heavy atom. The van der Waals surface area contributed by atoms with Crippen molar-refractivity contribution in [2.75, 3.05) is 16.8 Å². The van der Waals surface area contributed by atoms with E-state index in [1.54, 1.807) is 24.0 Å². The van der Waals surface area contributed by atoms with E-state index >= 15 is 0 Å². The Bertz CT molecular complexity index is 1080. The predicted octanol–water partition coefficient (Wildman–Crippen LogP) is 3.80. The average molecular weight is 394 g/mol. The fraction of sp³-hybridized carbons (Fsp3) is 0.227. The fourth-order valence-corrected chi connectivity index (χ4v) is 3.05. The highest BCUT2D eigenvalue weighted by Crippen LogP contribution is 2.18. The lowest BCUT2D eigenvalue weighted by molar-refractivity contribution is -0.119. The zero-order valence-corrected chi connectivity index (χ0v) is 16.6. The minimum Gasteiger partial charge on any atom is -0.326 e. The second-order valence-electron chi connectivity index (χ2n) is 6.75. The van der Waals surface area contributed by atoms with Crippen LogP contribution in [0.1, 0.15) is 18.2 Å². The molecule has 1 amide bonds. The molecule has 0 unspecified atom stereocenters. The Morgan fingerprint density at radius 2 is 1.86 bits per heavy atom. The number of likely N-dealkylation sites (N-methyl/N-ethyl adjacent to an activating group) is 1. The molecule has 0 aliphatic heterocycles. The molecule has 1 heterocycles. The molecular weight excluding hydrogens is 371 g/mol. The highest BCUT2D eigenvalue weighted by atomic mass is 19.1. The lowest BCUT2D eigenvalue weighted by Crippen LogP contribution is -2.37. The standard InChI is InChI=1S/C22H23FN4O2/c1-4-26(19-7-5-6-15(2)12-19)21(29)14-27-20(28)13-16(3)24-22(27)25-18-10-8-17(23)9-11-18/h5-13H,4,14H2,1-3H3,(H,24,25). The van der Waals surface area contributed by atoms with E-state index in [2.05, 4.69) is 10.3 Å². The fourth-order valence-electron chi connectivity index (χ4n) is 3.05. The molecule has 2 aromatic carbocycles. The van der Waals surface area contributed by atoms with Crippen molar-refractivity contribution in [3.63, 3.8) is 0 Å². The molecule has 3 aromatic rings. The van der Waals surface area contributed by atoms with Gasteiger partial charge in [0.25, 0.3) is 5.56 Å². The van der Waals surface area contributed by atoms with E-state index in [-0.39, 0.29) is 29.8 Å². The molecule has 0 aliphatic rings. The Morgan fingerprint density at radius 3 is 2.52 bits per heavy atom. The van der Waals surface area contributed by atoms with Crippen molar-refractivity contribution < 1.29 is 9.18 Å². The van der Waals surface area contributed by atoms with Gasteiger partial charge >= 0.3 is 0 Å². The van der Waals surface area contributed by atoms with Crippen molar-refractivity contribution in [1.82, 2.24) is 9.55 Å². The Balaban J connectivity index is 1.92. The van der Waals surface area contributed by atoms with Crippen LogP contribution in [0.5, 0.6) is 0 Å². The van der Waals surface area contributed by atoms with Crippen LogP contribution in [0.25, 0.3) is 0 Å². The summed E-state index contributed by atoms with van der Waals surface area (Å²) in [6, 6.07) is 14.7. The number of aromatic nitrogens is 2. The van der Waals surface area contributed by atoms with Crippen molar-refractivity contribution in [3.8, 4) is 0 Å². The third-order valence-electron chi connectivity index (χ3n) is 4.46. The number of hydrogen-bond donors (Lipinski definition) is 1. The van der Waals surface area contributed by atoms with Gasteiger partial charge in [0.2, 0.25) is 11.9 Å². The lowest BCUT2D eigenvalue weighted by Gasteiger charge is -2.23. The molecule has 0 atom stereocenters. The summed E-state index contributed by atoms with van der Waals surface area (Å²) < 4.78 is 14.5. The summed E-state index contributed by atoms with van der Waals surface area (Å²) in [6.07, 6.45) is 0. The maximum Gasteiger partial charge on any atom is 0.255 e. The van der Waals surface area contributed by atoms with Gasteiger partial charge in [-0.3, -0.25) is 14.2 Å². The van der Waals surface area contributed by atoms with Crippen molar-refractivity contribution in [2.45, 2.75) is 27.3 Å². The van der Waals surface area contributed by atoms with Crippen LogP contribution in [-0.4, -0.2) is 22.0 Å². The van der Waals surface area contributed by atoms with Crippen LogP contribution in [-0.2, 0) is 11.3 Å². The van der Waals surface area contributed by atoms with Crippen LogP contribution in [0.15, 0.2) is 59.4 Å². The second kappa shape index (κ2) is 8.68. The molecule has 0 fully saturated rings. The third kappa shape index (κ3) is 4.87. The van der Waals surface area contributed by atoms with Gasteiger partial charge in [0.05, 0.1) is 0 Å². The Labute approximate surface area is 168 Å². The van der Waals surface area contributed by atoms with Gasteiger partial charge in [-0.15, -0.1) is 0 Å². The molecule has 6 nitrogen and oxygen atoms in total. The number of halogens is 1. The smallest absolute Gasteiger partial charge is 0.255 e. The molecule has 7 heteroatoms. The SMILES string of the molecule is CCN(C(=O)Cn1c(Nc2ccc(F)cc2)nc(C)cc1=O)c1cccc(C)c1. The number of hydrogen-bond acceptors (Lipinski definition) is 4. The molecule has 0 aliphatic carbocycles. The summed E-state index contributed by atoms with van der Waals surface area (Å²) in [4.78, 5) is 31.6. The van der Waals surface area contributed by atoms with Gasteiger partial charge in [0.1, 0.15) is 12.4 Å².